The monoisotopic (exact) mass is 439 g/mol. The van der Waals surface area contributed by atoms with Crippen LogP contribution in [0.25, 0.3) is 10.9 Å². The van der Waals surface area contributed by atoms with Crippen LogP contribution in [0.3, 0.4) is 0 Å². The number of non-ortho nitro benzene ring substituents is 1. The fraction of sp³-hybridized carbons (Fsp3) is 0.111. The Morgan fingerprint density at radius 1 is 1.14 bits per heavy atom. The van der Waals surface area contributed by atoms with E-state index in [1.54, 1.807) is 19.1 Å². The lowest BCUT2D eigenvalue weighted by molar-refractivity contribution is -0.384. The molecule has 0 unspecified atom stereocenters. The largest absolute Gasteiger partial charge is 0.480 e. The summed E-state index contributed by atoms with van der Waals surface area (Å²) < 4.78 is 5.58. The average Bonchev–Trinajstić information content (AvgIpc) is 2.62. The van der Waals surface area contributed by atoms with Crippen molar-refractivity contribution in [1.82, 2.24) is 4.98 Å². The zero-order valence-corrected chi connectivity index (χ0v) is 16.6. The van der Waals surface area contributed by atoms with Gasteiger partial charge in [0.1, 0.15) is 5.52 Å². The summed E-state index contributed by atoms with van der Waals surface area (Å²) in [6.45, 7) is 1.43. The standard InChI is InChI=1S/C18H12Cl3N3O4/c1-9-2-4-11-12(19)7-14(21)18(17(11)22-9)28-8-16(25)23-15-5-3-10(24(26)27)6-13(15)20/h2-7H,8H2,1H3,(H,23,25). The van der Waals surface area contributed by atoms with Gasteiger partial charge in [0, 0.05) is 23.2 Å². The third kappa shape index (κ3) is 4.27. The highest BCUT2D eigenvalue weighted by atomic mass is 35.5. The number of aryl methyl sites for hydroxylation is 1. The van der Waals surface area contributed by atoms with E-state index in [0.717, 1.165) is 11.8 Å². The molecule has 0 aliphatic heterocycles. The number of nitro groups is 1. The fourth-order valence-electron chi connectivity index (χ4n) is 2.47. The molecule has 0 radical (unpaired) electrons. The number of hydrogen-bond donors (Lipinski definition) is 1. The predicted molar refractivity (Wildman–Crippen MR) is 109 cm³/mol. The number of carbonyl (C=O) groups is 1. The van der Waals surface area contributed by atoms with Gasteiger partial charge in [0.05, 0.1) is 25.7 Å². The maximum Gasteiger partial charge on any atom is 0.271 e. The van der Waals surface area contributed by atoms with Crippen LogP contribution in [0, 0.1) is 17.0 Å². The number of pyridine rings is 1. The first kappa shape index (κ1) is 20.1. The molecule has 0 saturated carbocycles. The molecule has 0 spiro atoms. The van der Waals surface area contributed by atoms with Gasteiger partial charge >= 0.3 is 0 Å². The zero-order valence-electron chi connectivity index (χ0n) is 14.3. The average molecular weight is 441 g/mol. The second-order valence-corrected chi connectivity index (χ2v) is 7.00. The smallest absolute Gasteiger partial charge is 0.271 e. The van der Waals surface area contributed by atoms with E-state index in [0.29, 0.717) is 15.9 Å². The molecule has 0 fully saturated rings. The summed E-state index contributed by atoms with van der Waals surface area (Å²) in [4.78, 5) is 26.8. The summed E-state index contributed by atoms with van der Waals surface area (Å²) in [5.41, 5.74) is 1.22. The number of amides is 1. The van der Waals surface area contributed by atoms with Crippen LogP contribution >= 0.6 is 34.8 Å². The quantitative estimate of drug-likeness (QED) is 0.422. The van der Waals surface area contributed by atoms with E-state index >= 15 is 0 Å². The van der Waals surface area contributed by atoms with E-state index in [-0.39, 0.29) is 33.8 Å². The van der Waals surface area contributed by atoms with Crippen molar-refractivity contribution in [3.8, 4) is 5.75 Å². The number of anilines is 1. The van der Waals surface area contributed by atoms with Crippen LogP contribution in [0.1, 0.15) is 5.69 Å². The number of aromatic nitrogens is 1. The van der Waals surface area contributed by atoms with Crippen molar-refractivity contribution >= 4 is 63.0 Å². The van der Waals surface area contributed by atoms with Crippen molar-refractivity contribution in [3.05, 3.63) is 67.3 Å². The number of ether oxygens (including phenoxy) is 1. The molecule has 1 heterocycles. The topological polar surface area (TPSA) is 94.4 Å². The molecular formula is C18H12Cl3N3O4. The maximum atomic E-state index is 12.2. The first-order valence-electron chi connectivity index (χ1n) is 7.88. The van der Waals surface area contributed by atoms with Crippen molar-refractivity contribution in [3.63, 3.8) is 0 Å². The molecule has 0 aliphatic rings. The Hall–Kier alpha value is -2.61. The summed E-state index contributed by atoms with van der Waals surface area (Å²) in [6, 6.07) is 8.83. The van der Waals surface area contributed by atoms with Crippen LogP contribution in [0.4, 0.5) is 11.4 Å². The molecule has 28 heavy (non-hydrogen) atoms. The SMILES string of the molecule is Cc1ccc2c(Cl)cc(Cl)c(OCC(=O)Nc3ccc([N+](=O)[O-])cc3Cl)c2n1. The van der Waals surface area contributed by atoms with Crippen LogP contribution in [-0.2, 0) is 4.79 Å². The minimum absolute atomic E-state index is 0.0369. The molecule has 144 valence electrons. The van der Waals surface area contributed by atoms with E-state index in [2.05, 4.69) is 10.3 Å². The third-order valence-corrected chi connectivity index (χ3v) is 4.67. The Morgan fingerprint density at radius 3 is 2.57 bits per heavy atom. The van der Waals surface area contributed by atoms with Crippen LogP contribution in [-0.4, -0.2) is 22.4 Å². The number of nitrogens with zero attached hydrogens (tertiary/aromatic N) is 2. The van der Waals surface area contributed by atoms with Crippen molar-refractivity contribution < 1.29 is 14.5 Å². The van der Waals surface area contributed by atoms with Crippen LogP contribution < -0.4 is 10.1 Å². The van der Waals surface area contributed by atoms with Gasteiger partial charge in [-0.05, 0) is 31.2 Å². The van der Waals surface area contributed by atoms with Gasteiger partial charge < -0.3 is 10.1 Å². The Labute approximate surface area is 174 Å². The third-order valence-electron chi connectivity index (χ3n) is 3.76. The van der Waals surface area contributed by atoms with Gasteiger partial charge in [0.2, 0.25) is 0 Å². The van der Waals surface area contributed by atoms with Gasteiger partial charge in [-0.3, -0.25) is 14.9 Å². The van der Waals surface area contributed by atoms with E-state index in [1.807, 2.05) is 0 Å². The van der Waals surface area contributed by atoms with Crippen LogP contribution in [0.2, 0.25) is 15.1 Å². The van der Waals surface area contributed by atoms with Crippen molar-refractivity contribution in [2.75, 3.05) is 11.9 Å². The van der Waals surface area contributed by atoms with E-state index in [1.165, 1.54) is 18.2 Å². The summed E-state index contributed by atoms with van der Waals surface area (Å²) in [5, 5.41) is 14.6. The summed E-state index contributed by atoms with van der Waals surface area (Å²) in [5.74, 6) is -0.294. The molecule has 1 aromatic heterocycles. The molecule has 0 saturated heterocycles. The highest BCUT2D eigenvalue weighted by Gasteiger charge is 2.16. The number of rotatable bonds is 5. The number of hydrogen-bond acceptors (Lipinski definition) is 5. The lowest BCUT2D eigenvalue weighted by atomic mass is 10.2. The lowest BCUT2D eigenvalue weighted by Crippen LogP contribution is -2.20. The van der Waals surface area contributed by atoms with Crippen molar-refractivity contribution in [1.29, 1.82) is 0 Å². The highest BCUT2D eigenvalue weighted by Crippen LogP contribution is 2.37. The van der Waals surface area contributed by atoms with Gasteiger partial charge in [-0.2, -0.15) is 0 Å². The molecule has 3 rings (SSSR count). The van der Waals surface area contributed by atoms with E-state index < -0.39 is 10.8 Å². The molecule has 1 amide bonds. The van der Waals surface area contributed by atoms with E-state index in [4.69, 9.17) is 39.5 Å². The first-order chi connectivity index (χ1) is 13.3. The fourth-order valence-corrected chi connectivity index (χ4v) is 3.26. The van der Waals surface area contributed by atoms with Gasteiger partial charge in [-0.15, -0.1) is 0 Å². The van der Waals surface area contributed by atoms with Crippen LogP contribution in [0.15, 0.2) is 36.4 Å². The summed E-state index contributed by atoms with van der Waals surface area (Å²) in [6.07, 6.45) is 0. The minimum Gasteiger partial charge on any atom is -0.480 e. The second kappa shape index (κ2) is 8.18. The molecule has 0 atom stereocenters. The summed E-state index contributed by atoms with van der Waals surface area (Å²) >= 11 is 18.4. The molecule has 0 aliphatic carbocycles. The Bertz CT molecular complexity index is 1110. The molecule has 7 nitrogen and oxygen atoms in total. The zero-order chi connectivity index (χ0) is 20.4. The highest BCUT2D eigenvalue weighted by molar-refractivity contribution is 6.39. The molecule has 10 heteroatoms. The second-order valence-electron chi connectivity index (χ2n) is 5.78. The Kier molecular flexibility index (Phi) is 5.88. The molecule has 1 N–H and O–H groups in total. The molecule has 0 bridgehead atoms. The normalized spacial score (nSPS) is 10.7. The molecule has 2 aromatic carbocycles. The number of halogens is 3. The maximum absolute atomic E-state index is 12.2. The van der Waals surface area contributed by atoms with Gasteiger partial charge in [0.25, 0.3) is 11.6 Å². The minimum atomic E-state index is -0.580. The van der Waals surface area contributed by atoms with Gasteiger partial charge in [0.15, 0.2) is 12.4 Å². The Morgan fingerprint density at radius 2 is 1.89 bits per heavy atom. The number of nitrogens with one attached hydrogen (secondary N) is 1. The molecule has 3 aromatic rings. The van der Waals surface area contributed by atoms with Gasteiger partial charge in [-0.1, -0.05) is 34.8 Å². The predicted octanol–water partition coefficient (Wildman–Crippen LogP) is 5.43. The number of fused-ring (bicyclic) bond motifs is 1. The molecular weight excluding hydrogens is 429 g/mol. The van der Waals surface area contributed by atoms with E-state index in [9.17, 15) is 14.9 Å². The van der Waals surface area contributed by atoms with Gasteiger partial charge in [-0.25, -0.2) is 4.98 Å². The first-order valence-corrected chi connectivity index (χ1v) is 9.01. The Balaban J connectivity index is 1.78. The van der Waals surface area contributed by atoms with Crippen molar-refractivity contribution in [2.45, 2.75) is 6.92 Å². The van der Waals surface area contributed by atoms with Crippen molar-refractivity contribution in [2.24, 2.45) is 0 Å². The number of benzene rings is 2. The lowest BCUT2D eigenvalue weighted by Gasteiger charge is -2.13. The number of carbonyl (C=O) groups excluding carboxylic acids is 1. The van der Waals surface area contributed by atoms with Crippen LogP contribution in [0.5, 0.6) is 5.75 Å². The summed E-state index contributed by atoms with van der Waals surface area (Å²) in [7, 11) is 0. The number of nitro benzene ring substituents is 1.